The summed E-state index contributed by atoms with van der Waals surface area (Å²) >= 11 is 0. The number of guanidine groups is 1. The van der Waals surface area contributed by atoms with Crippen LogP contribution >= 0.6 is 24.0 Å². The molecule has 0 saturated heterocycles. The molecule has 0 bridgehead atoms. The lowest BCUT2D eigenvalue weighted by Gasteiger charge is -2.26. The Morgan fingerprint density at radius 3 is 2.70 bits per heavy atom. The summed E-state index contributed by atoms with van der Waals surface area (Å²) in [4.78, 5) is 16.2. The lowest BCUT2D eigenvalue weighted by Crippen LogP contribution is -2.37. The smallest absolute Gasteiger partial charge is 0.222 e. The van der Waals surface area contributed by atoms with E-state index in [2.05, 4.69) is 15.6 Å². The molecule has 0 aromatic heterocycles. The number of carbonyl (C=O) groups excluding carboxylic acids is 1. The number of aliphatic imine (C=N–C) groups is 1. The third-order valence-corrected chi connectivity index (χ3v) is 4.23. The molecule has 7 heteroatoms. The van der Waals surface area contributed by atoms with E-state index < -0.39 is 0 Å². The third kappa shape index (κ3) is 6.42. The number of nitrogens with zero attached hydrogens (tertiary/aromatic N) is 1. The standard InChI is InChI=1S/C20H24N4O2.HI/c21-20(24-17-11-13-26-18-9-5-4-8-16(17)18)22-12-10-19(25)23-14-15-6-2-1-3-7-15;/h1-9,17H,10-14H2,(H,23,25)(H3,21,22,24);1H. The number of hydrogen-bond donors (Lipinski definition) is 3. The molecule has 1 aliphatic heterocycles. The average Bonchev–Trinajstić information content (AvgIpc) is 2.67. The van der Waals surface area contributed by atoms with Gasteiger partial charge in [0.15, 0.2) is 5.96 Å². The van der Waals surface area contributed by atoms with Gasteiger partial charge in [0.2, 0.25) is 5.91 Å². The number of fused-ring (bicyclic) bond motifs is 1. The van der Waals surface area contributed by atoms with Crippen molar-refractivity contribution >= 4 is 35.8 Å². The van der Waals surface area contributed by atoms with Gasteiger partial charge in [-0.05, 0) is 11.6 Å². The Hall–Kier alpha value is -2.29. The molecule has 1 atom stereocenters. The fourth-order valence-electron chi connectivity index (χ4n) is 2.88. The molecule has 144 valence electrons. The summed E-state index contributed by atoms with van der Waals surface area (Å²) in [6.07, 6.45) is 1.13. The molecule has 1 aliphatic rings. The quantitative estimate of drug-likeness (QED) is 0.337. The zero-order valence-electron chi connectivity index (χ0n) is 15.1. The number of carbonyl (C=O) groups is 1. The Labute approximate surface area is 176 Å². The molecule has 1 unspecified atom stereocenters. The Morgan fingerprint density at radius 2 is 1.89 bits per heavy atom. The van der Waals surface area contributed by atoms with Crippen molar-refractivity contribution in [2.24, 2.45) is 10.7 Å². The molecule has 2 aromatic carbocycles. The molecule has 27 heavy (non-hydrogen) atoms. The highest BCUT2D eigenvalue weighted by Gasteiger charge is 2.21. The van der Waals surface area contributed by atoms with Crippen molar-refractivity contribution in [1.29, 1.82) is 0 Å². The van der Waals surface area contributed by atoms with Gasteiger partial charge >= 0.3 is 0 Å². The SMILES string of the molecule is I.NC(=NCCC(=O)NCc1ccccc1)NC1CCOc2ccccc21. The monoisotopic (exact) mass is 480 g/mol. The summed E-state index contributed by atoms with van der Waals surface area (Å²) in [5.41, 5.74) is 8.13. The molecule has 1 amide bonds. The molecule has 4 N–H and O–H groups in total. The number of nitrogens with one attached hydrogen (secondary N) is 2. The minimum atomic E-state index is -0.0400. The van der Waals surface area contributed by atoms with Crippen molar-refractivity contribution in [3.63, 3.8) is 0 Å². The van der Waals surface area contributed by atoms with Gasteiger partial charge in [-0.3, -0.25) is 9.79 Å². The number of nitrogens with two attached hydrogens (primary N) is 1. The highest BCUT2D eigenvalue weighted by Crippen LogP contribution is 2.31. The van der Waals surface area contributed by atoms with Crippen LogP contribution in [-0.2, 0) is 11.3 Å². The van der Waals surface area contributed by atoms with Crippen LogP contribution in [0.1, 0.15) is 30.0 Å². The van der Waals surface area contributed by atoms with E-state index in [0.29, 0.717) is 32.1 Å². The minimum absolute atomic E-state index is 0. The van der Waals surface area contributed by atoms with Crippen LogP contribution in [0.25, 0.3) is 0 Å². The van der Waals surface area contributed by atoms with Crippen LogP contribution in [0.3, 0.4) is 0 Å². The third-order valence-electron chi connectivity index (χ3n) is 4.23. The summed E-state index contributed by atoms with van der Waals surface area (Å²) in [6.45, 7) is 1.52. The van der Waals surface area contributed by atoms with Gasteiger partial charge in [0.05, 0.1) is 19.2 Å². The Bertz CT molecular complexity index is 768. The molecular formula is C20H25IN4O2. The first-order chi connectivity index (χ1) is 12.7. The molecule has 2 aromatic rings. The van der Waals surface area contributed by atoms with Crippen molar-refractivity contribution in [3.8, 4) is 5.75 Å². The number of rotatable bonds is 6. The summed E-state index contributed by atoms with van der Waals surface area (Å²) in [7, 11) is 0. The number of amides is 1. The van der Waals surface area contributed by atoms with E-state index in [9.17, 15) is 4.79 Å². The van der Waals surface area contributed by atoms with E-state index in [1.165, 1.54) is 0 Å². The normalized spacial score (nSPS) is 15.7. The van der Waals surface area contributed by atoms with E-state index in [1.807, 2.05) is 54.6 Å². The first-order valence-electron chi connectivity index (χ1n) is 8.81. The lowest BCUT2D eigenvalue weighted by molar-refractivity contribution is -0.121. The number of para-hydroxylation sites is 1. The van der Waals surface area contributed by atoms with Gasteiger partial charge in [-0.1, -0.05) is 48.5 Å². The summed E-state index contributed by atoms with van der Waals surface area (Å²) in [5, 5.41) is 6.10. The van der Waals surface area contributed by atoms with Gasteiger partial charge in [0, 0.05) is 24.9 Å². The van der Waals surface area contributed by atoms with Crippen LogP contribution < -0.4 is 21.1 Å². The largest absolute Gasteiger partial charge is 0.493 e. The zero-order chi connectivity index (χ0) is 18.2. The maximum absolute atomic E-state index is 11.9. The molecule has 6 nitrogen and oxygen atoms in total. The van der Waals surface area contributed by atoms with E-state index in [-0.39, 0.29) is 35.9 Å². The van der Waals surface area contributed by atoms with Crippen molar-refractivity contribution in [2.75, 3.05) is 13.2 Å². The van der Waals surface area contributed by atoms with Crippen LogP contribution in [-0.4, -0.2) is 25.0 Å². The van der Waals surface area contributed by atoms with Crippen LogP contribution in [0.5, 0.6) is 5.75 Å². The molecule has 3 rings (SSSR count). The van der Waals surface area contributed by atoms with Crippen molar-refractivity contribution < 1.29 is 9.53 Å². The van der Waals surface area contributed by atoms with Crippen LogP contribution in [0.2, 0.25) is 0 Å². The number of ether oxygens (including phenoxy) is 1. The Kier molecular flexibility index (Phi) is 8.38. The van der Waals surface area contributed by atoms with E-state index in [0.717, 1.165) is 23.3 Å². The van der Waals surface area contributed by atoms with Crippen LogP contribution in [0.15, 0.2) is 59.6 Å². The lowest BCUT2D eigenvalue weighted by atomic mass is 10.0. The van der Waals surface area contributed by atoms with Crippen molar-refractivity contribution in [1.82, 2.24) is 10.6 Å². The second-order valence-electron chi connectivity index (χ2n) is 6.15. The maximum atomic E-state index is 11.9. The Balaban J connectivity index is 0.00000261. The highest BCUT2D eigenvalue weighted by molar-refractivity contribution is 14.0. The second kappa shape index (κ2) is 10.8. The topological polar surface area (TPSA) is 88.7 Å². The van der Waals surface area contributed by atoms with Gasteiger partial charge in [0.1, 0.15) is 5.75 Å². The molecular weight excluding hydrogens is 455 g/mol. The fourth-order valence-corrected chi connectivity index (χ4v) is 2.88. The molecule has 0 radical (unpaired) electrons. The van der Waals surface area contributed by atoms with Gasteiger partial charge in [-0.15, -0.1) is 24.0 Å². The molecule has 0 aliphatic carbocycles. The van der Waals surface area contributed by atoms with Crippen LogP contribution in [0, 0.1) is 0 Å². The van der Waals surface area contributed by atoms with E-state index in [1.54, 1.807) is 0 Å². The molecule has 0 saturated carbocycles. The van der Waals surface area contributed by atoms with Gasteiger partial charge in [-0.25, -0.2) is 0 Å². The van der Waals surface area contributed by atoms with Gasteiger partial charge in [-0.2, -0.15) is 0 Å². The first-order valence-corrected chi connectivity index (χ1v) is 8.81. The highest BCUT2D eigenvalue weighted by atomic mass is 127. The van der Waals surface area contributed by atoms with Gasteiger partial charge < -0.3 is 21.1 Å². The maximum Gasteiger partial charge on any atom is 0.222 e. The predicted octanol–water partition coefficient (Wildman–Crippen LogP) is 2.74. The predicted molar refractivity (Wildman–Crippen MR) is 117 cm³/mol. The van der Waals surface area contributed by atoms with Crippen molar-refractivity contribution in [3.05, 3.63) is 65.7 Å². The van der Waals surface area contributed by atoms with E-state index in [4.69, 9.17) is 10.5 Å². The fraction of sp³-hybridized carbons (Fsp3) is 0.300. The Morgan fingerprint density at radius 1 is 1.15 bits per heavy atom. The zero-order valence-corrected chi connectivity index (χ0v) is 17.4. The molecule has 1 heterocycles. The summed E-state index contributed by atoms with van der Waals surface area (Å²) < 4.78 is 5.64. The first kappa shape index (κ1) is 21.0. The summed E-state index contributed by atoms with van der Waals surface area (Å²) in [5.74, 6) is 1.19. The molecule has 0 spiro atoms. The second-order valence-corrected chi connectivity index (χ2v) is 6.15. The number of hydrogen-bond acceptors (Lipinski definition) is 3. The summed E-state index contributed by atoms with van der Waals surface area (Å²) in [6, 6.07) is 17.8. The molecule has 0 fully saturated rings. The van der Waals surface area contributed by atoms with E-state index >= 15 is 0 Å². The van der Waals surface area contributed by atoms with Gasteiger partial charge in [0.25, 0.3) is 0 Å². The van der Waals surface area contributed by atoms with Crippen LogP contribution in [0.4, 0.5) is 0 Å². The number of benzene rings is 2. The average molecular weight is 480 g/mol. The minimum Gasteiger partial charge on any atom is -0.493 e. The van der Waals surface area contributed by atoms with Crippen molar-refractivity contribution in [2.45, 2.75) is 25.4 Å². The number of halogens is 1.